The molecule has 198 valence electrons. The van der Waals surface area contributed by atoms with Gasteiger partial charge in [0.25, 0.3) is 19.4 Å². The van der Waals surface area contributed by atoms with Crippen molar-refractivity contribution >= 4 is 25.3 Å². The number of amidine groups is 1. The number of benzene rings is 1. The normalized spacial score (nSPS) is 11.6. The molecule has 0 fully saturated rings. The van der Waals surface area contributed by atoms with Gasteiger partial charge in [-0.25, -0.2) is 0 Å². The molecule has 0 aliphatic carbocycles. The number of unbranched alkanes of at least 4 members (excludes halogenated alkanes) is 8. The molecule has 0 aromatic heterocycles. The second-order valence-corrected chi connectivity index (χ2v) is 7.35. The number of aliphatic imine (C=N–C) groups is 1. The molecular formula is C26H43N3O6. The number of hydrogen-bond acceptors (Lipinski definition) is 6. The topological polar surface area (TPSA) is 151 Å². The Morgan fingerprint density at radius 2 is 1.23 bits per heavy atom. The molecule has 0 bridgehead atoms. The molecule has 0 saturated heterocycles. The number of nitrogens with zero attached hydrogens (tertiary/aromatic N) is 3. The Labute approximate surface area is 210 Å². The Morgan fingerprint density at radius 3 is 1.60 bits per heavy atom. The van der Waals surface area contributed by atoms with Gasteiger partial charge >= 0.3 is 0 Å². The van der Waals surface area contributed by atoms with Crippen LogP contribution in [-0.4, -0.2) is 64.6 Å². The summed E-state index contributed by atoms with van der Waals surface area (Å²) in [6, 6.07) is 14.3. The van der Waals surface area contributed by atoms with E-state index < -0.39 is 0 Å². The number of nitriles is 1. The molecule has 3 N–H and O–H groups in total. The van der Waals surface area contributed by atoms with Crippen molar-refractivity contribution in [1.82, 2.24) is 4.90 Å². The predicted molar refractivity (Wildman–Crippen MR) is 138 cm³/mol. The van der Waals surface area contributed by atoms with Gasteiger partial charge in [-0.1, -0.05) is 94.7 Å². The van der Waals surface area contributed by atoms with Crippen LogP contribution < -0.4 is 0 Å². The van der Waals surface area contributed by atoms with E-state index in [1.165, 1.54) is 63.6 Å². The van der Waals surface area contributed by atoms with E-state index in [0.29, 0.717) is 0 Å². The average molecular weight is 494 g/mol. The maximum atomic E-state index is 9.00. The van der Waals surface area contributed by atoms with Crippen LogP contribution in [0, 0.1) is 11.3 Å². The van der Waals surface area contributed by atoms with Crippen LogP contribution in [0.1, 0.15) is 78.1 Å². The maximum absolute atomic E-state index is 9.00. The summed E-state index contributed by atoms with van der Waals surface area (Å²) in [5, 5.41) is 29.7. The zero-order chi connectivity index (χ0) is 27.0. The zero-order valence-corrected chi connectivity index (χ0v) is 21.2. The highest BCUT2D eigenvalue weighted by Gasteiger charge is 2.20. The molecular weight excluding hydrogens is 450 g/mol. The molecule has 2 rings (SSSR count). The fraction of sp³-hybridized carbons (Fsp3) is 0.577. The van der Waals surface area contributed by atoms with E-state index in [9.17, 15) is 0 Å². The van der Waals surface area contributed by atoms with E-state index in [4.69, 9.17) is 35.0 Å². The minimum Gasteiger partial charge on any atom is -0.483 e. The molecule has 9 nitrogen and oxygen atoms in total. The second-order valence-electron chi connectivity index (χ2n) is 7.35. The molecule has 9 heteroatoms. The Balaban J connectivity index is -0.000000553. The van der Waals surface area contributed by atoms with Crippen LogP contribution in [0.4, 0.5) is 0 Å². The summed E-state index contributed by atoms with van der Waals surface area (Å²) in [7, 11) is 0. The van der Waals surface area contributed by atoms with Crippen molar-refractivity contribution in [2.75, 3.05) is 13.1 Å². The maximum Gasteiger partial charge on any atom is 0.290 e. The predicted octanol–water partition coefficient (Wildman–Crippen LogP) is 5.32. The van der Waals surface area contributed by atoms with Crippen LogP contribution in [0.2, 0.25) is 0 Å². The Bertz CT molecular complexity index is 609. The van der Waals surface area contributed by atoms with Crippen LogP contribution in [-0.2, 0) is 14.4 Å². The summed E-state index contributed by atoms with van der Waals surface area (Å²) in [4.78, 5) is 31.8. The molecule has 0 radical (unpaired) electrons. The average Bonchev–Trinajstić information content (AvgIpc) is 3.34. The van der Waals surface area contributed by atoms with Crippen molar-refractivity contribution in [2.24, 2.45) is 4.99 Å². The van der Waals surface area contributed by atoms with Crippen LogP contribution in [0.5, 0.6) is 0 Å². The van der Waals surface area contributed by atoms with Gasteiger partial charge in [0.2, 0.25) is 0 Å². The summed E-state index contributed by atoms with van der Waals surface area (Å²) >= 11 is 0. The summed E-state index contributed by atoms with van der Waals surface area (Å²) in [6.45, 7) is 5.29. The van der Waals surface area contributed by atoms with E-state index in [1.807, 2.05) is 43.3 Å². The van der Waals surface area contributed by atoms with Gasteiger partial charge in [-0.3, -0.25) is 19.4 Å². The van der Waals surface area contributed by atoms with Crippen molar-refractivity contribution in [3.63, 3.8) is 0 Å². The van der Waals surface area contributed by atoms with Gasteiger partial charge in [0.15, 0.2) is 0 Å². The van der Waals surface area contributed by atoms with E-state index in [0.717, 1.165) is 19.5 Å². The third-order valence-corrected chi connectivity index (χ3v) is 4.79. The van der Waals surface area contributed by atoms with Gasteiger partial charge in [-0.15, -0.1) is 0 Å². The number of hydrogen-bond donors (Lipinski definition) is 3. The summed E-state index contributed by atoms with van der Waals surface area (Å²) in [5.74, 6) is 1.17. The molecule has 0 saturated carbocycles. The van der Waals surface area contributed by atoms with Crippen molar-refractivity contribution < 1.29 is 29.7 Å². The molecule has 0 amide bonds. The lowest BCUT2D eigenvalue weighted by Gasteiger charge is -2.22. The van der Waals surface area contributed by atoms with Gasteiger partial charge in [-0.05, 0) is 13.3 Å². The van der Waals surface area contributed by atoms with Gasteiger partial charge < -0.3 is 20.2 Å². The van der Waals surface area contributed by atoms with Crippen LogP contribution in [0.25, 0.3) is 0 Å². The van der Waals surface area contributed by atoms with E-state index in [-0.39, 0.29) is 25.5 Å². The fourth-order valence-electron chi connectivity index (χ4n) is 3.19. The SMILES string of the molecule is CCCCCCCCCCCC1=NCCN1C(C)C#N.O=CO.O=CO.O=CO.c1ccccc1. The third kappa shape index (κ3) is 28.6. The van der Waals surface area contributed by atoms with Crippen molar-refractivity contribution in [3.8, 4) is 6.07 Å². The molecule has 1 heterocycles. The van der Waals surface area contributed by atoms with Crippen molar-refractivity contribution in [1.29, 1.82) is 5.26 Å². The van der Waals surface area contributed by atoms with E-state index in [2.05, 4.69) is 22.9 Å². The van der Waals surface area contributed by atoms with Crippen molar-refractivity contribution in [2.45, 2.75) is 84.1 Å². The molecule has 0 spiro atoms. The lowest BCUT2D eigenvalue weighted by Crippen LogP contribution is -2.35. The van der Waals surface area contributed by atoms with Gasteiger partial charge in [-0.2, -0.15) is 5.26 Å². The monoisotopic (exact) mass is 493 g/mol. The summed E-state index contributed by atoms with van der Waals surface area (Å²) in [5.41, 5.74) is 0. The van der Waals surface area contributed by atoms with Gasteiger partial charge in [0.05, 0.1) is 12.6 Å². The zero-order valence-electron chi connectivity index (χ0n) is 21.2. The Hall–Kier alpha value is -3.41. The first-order chi connectivity index (χ1) is 17.0. The van der Waals surface area contributed by atoms with Crippen LogP contribution >= 0.6 is 0 Å². The number of carbonyl (C=O) groups is 3. The Morgan fingerprint density at radius 1 is 0.857 bits per heavy atom. The lowest BCUT2D eigenvalue weighted by atomic mass is 10.1. The van der Waals surface area contributed by atoms with Crippen LogP contribution in [0.15, 0.2) is 41.4 Å². The first-order valence-electron chi connectivity index (χ1n) is 12.0. The largest absolute Gasteiger partial charge is 0.483 e. The molecule has 1 aromatic carbocycles. The Kier molecular flexibility index (Phi) is 33.9. The summed E-state index contributed by atoms with van der Waals surface area (Å²) in [6.07, 6.45) is 13.3. The molecule has 1 aliphatic rings. The van der Waals surface area contributed by atoms with Crippen molar-refractivity contribution in [3.05, 3.63) is 36.4 Å². The summed E-state index contributed by atoms with van der Waals surface area (Å²) < 4.78 is 0. The quantitative estimate of drug-likeness (QED) is 0.276. The van der Waals surface area contributed by atoms with E-state index in [1.54, 1.807) is 0 Å². The molecule has 1 unspecified atom stereocenters. The number of rotatable bonds is 11. The smallest absolute Gasteiger partial charge is 0.290 e. The fourth-order valence-corrected chi connectivity index (χ4v) is 3.19. The first-order valence-corrected chi connectivity index (χ1v) is 12.0. The molecule has 35 heavy (non-hydrogen) atoms. The van der Waals surface area contributed by atoms with E-state index >= 15 is 0 Å². The molecule has 1 atom stereocenters. The minimum atomic E-state index is -0.250. The third-order valence-electron chi connectivity index (χ3n) is 4.79. The van der Waals surface area contributed by atoms with Gasteiger partial charge in [0.1, 0.15) is 11.9 Å². The highest BCUT2D eigenvalue weighted by molar-refractivity contribution is 5.84. The lowest BCUT2D eigenvalue weighted by molar-refractivity contribution is -0.123. The highest BCUT2D eigenvalue weighted by atomic mass is 16.4. The standard InChI is InChI=1S/C17H31N3.C6H6.3CH2O2/c1-3-4-5-6-7-8-9-10-11-12-17-19-13-14-20(17)16(2)15-18;1-2-4-6-5-3-1;3*2-1-3/h16H,3-14H2,1-2H3;1-6H;3*1H,(H,2,3). The van der Waals surface area contributed by atoms with Gasteiger partial charge in [0, 0.05) is 13.0 Å². The van der Waals surface area contributed by atoms with Crippen LogP contribution in [0.3, 0.4) is 0 Å². The second kappa shape index (κ2) is 32.8. The first kappa shape index (κ1) is 36.2. The molecule has 1 aromatic rings. The molecule has 1 aliphatic heterocycles. The minimum absolute atomic E-state index is 0.0187. The number of carboxylic acid groups (broad SMARTS) is 3. The highest BCUT2D eigenvalue weighted by Crippen LogP contribution is 2.15.